The van der Waals surface area contributed by atoms with Gasteiger partial charge in [0.1, 0.15) is 0 Å². The van der Waals surface area contributed by atoms with Crippen molar-refractivity contribution in [1.82, 2.24) is 14.7 Å². The average Bonchev–Trinajstić information content (AvgIpc) is 2.74. The van der Waals surface area contributed by atoms with Crippen molar-refractivity contribution in [1.29, 1.82) is 0 Å². The summed E-state index contributed by atoms with van der Waals surface area (Å²) in [7, 11) is 0. The molecule has 1 aliphatic heterocycles. The lowest BCUT2D eigenvalue weighted by Crippen LogP contribution is -2.53. The number of aliphatic hydroxyl groups is 1. The molecule has 1 aliphatic rings. The highest BCUT2D eigenvalue weighted by atomic mass is 16.3. The van der Waals surface area contributed by atoms with Gasteiger partial charge < -0.3 is 14.9 Å². The lowest BCUT2D eigenvalue weighted by Gasteiger charge is -2.35. The maximum Gasteiger partial charge on any atom is 0.312 e. The zero-order chi connectivity index (χ0) is 19.8. The van der Waals surface area contributed by atoms with Crippen LogP contribution in [0.15, 0.2) is 60.7 Å². The number of carbonyl (C=O) groups is 2. The van der Waals surface area contributed by atoms with Crippen LogP contribution >= 0.6 is 0 Å². The molecule has 148 valence electrons. The number of hydrogen-bond donors (Lipinski definition) is 1. The van der Waals surface area contributed by atoms with Crippen molar-refractivity contribution in [2.45, 2.75) is 13.1 Å². The van der Waals surface area contributed by atoms with Crippen molar-refractivity contribution in [3.8, 4) is 0 Å². The average molecular weight is 381 g/mol. The molecule has 6 heteroatoms. The van der Waals surface area contributed by atoms with Gasteiger partial charge in [0.05, 0.1) is 6.61 Å². The van der Waals surface area contributed by atoms with Gasteiger partial charge in [0.25, 0.3) is 0 Å². The summed E-state index contributed by atoms with van der Waals surface area (Å²) in [4.78, 5) is 30.8. The van der Waals surface area contributed by atoms with E-state index in [4.69, 9.17) is 0 Å². The van der Waals surface area contributed by atoms with Crippen LogP contribution in [0.5, 0.6) is 0 Å². The fourth-order valence-corrected chi connectivity index (χ4v) is 3.40. The van der Waals surface area contributed by atoms with E-state index >= 15 is 0 Å². The van der Waals surface area contributed by atoms with Crippen molar-refractivity contribution in [2.24, 2.45) is 0 Å². The van der Waals surface area contributed by atoms with Crippen molar-refractivity contribution >= 4 is 11.8 Å². The zero-order valence-electron chi connectivity index (χ0n) is 16.0. The van der Waals surface area contributed by atoms with Crippen LogP contribution in [-0.2, 0) is 22.7 Å². The van der Waals surface area contributed by atoms with E-state index in [9.17, 15) is 14.7 Å². The number of rotatable bonds is 6. The molecular weight excluding hydrogens is 354 g/mol. The fourth-order valence-electron chi connectivity index (χ4n) is 3.40. The number of piperazine rings is 1. The maximum absolute atomic E-state index is 12.7. The van der Waals surface area contributed by atoms with E-state index in [1.165, 1.54) is 10.5 Å². The van der Waals surface area contributed by atoms with Gasteiger partial charge in [0, 0.05) is 45.8 Å². The molecule has 0 aliphatic carbocycles. The molecule has 1 N–H and O–H groups in total. The topological polar surface area (TPSA) is 64.1 Å². The molecule has 1 heterocycles. The minimum absolute atomic E-state index is 0.146. The third kappa shape index (κ3) is 5.41. The number of nitrogens with zero attached hydrogens (tertiary/aromatic N) is 3. The van der Waals surface area contributed by atoms with Crippen molar-refractivity contribution < 1.29 is 14.7 Å². The third-order valence-electron chi connectivity index (χ3n) is 4.96. The summed E-state index contributed by atoms with van der Waals surface area (Å²) in [5, 5.41) is 9.31. The van der Waals surface area contributed by atoms with Crippen LogP contribution in [0.4, 0.5) is 0 Å². The summed E-state index contributed by atoms with van der Waals surface area (Å²) in [6.45, 7) is 3.70. The minimum atomic E-state index is -0.547. The van der Waals surface area contributed by atoms with Gasteiger partial charge in [-0.3, -0.25) is 14.5 Å². The first kappa shape index (κ1) is 20.0. The summed E-state index contributed by atoms with van der Waals surface area (Å²) in [5.74, 6) is -1.03. The van der Waals surface area contributed by atoms with E-state index < -0.39 is 11.8 Å². The van der Waals surface area contributed by atoms with Crippen molar-refractivity contribution in [2.75, 3.05) is 39.3 Å². The second kappa shape index (κ2) is 10.0. The van der Waals surface area contributed by atoms with E-state index in [1.807, 2.05) is 48.5 Å². The molecule has 0 spiro atoms. The number of carbonyl (C=O) groups excluding carboxylic acids is 2. The Bertz CT molecular complexity index is 759. The van der Waals surface area contributed by atoms with Gasteiger partial charge in [0.2, 0.25) is 0 Å². The van der Waals surface area contributed by atoms with Gasteiger partial charge in [-0.25, -0.2) is 0 Å². The number of amides is 2. The van der Waals surface area contributed by atoms with Gasteiger partial charge >= 0.3 is 11.8 Å². The summed E-state index contributed by atoms with van der Waals surface area (Å²) in [5.41, 5.74) is 2.18. The molecule has 3 rings (SSSR count). The Labute approximate surface area is 166 Å². The lowest BCUT2D eigenvalue weighted by molar-refractivity contribution is -0.153. The molecule has 0 atom stereocenters. The van der Waals surface area contributed by atoms with E-state index in [-0.39, 0.29) is 13.2 Å². The molecule has 0 radical (unpaired) electrons. The standard InChI is InChI=1S/C22H27N3O3/c26-16-15-25(18-20-9-5-2-6-10-20)22(28)21(27)24-13-11-23(12-14-24)17-19-7-3-1-4-8-19/h1-10,26H,11-18H2. The molecule has 0 bridgehead atoms. The highest BCUT2D eigenvalue weighted by Crippen LogP contribution is 2.11. The van der Waals surface area contributed by atoms with Crippen LogP contribution in [-0.4, -0.2) is 71.0 Å². The van der Waals surface area contributed by atoms with Gasteiger partial charge in [0.15, 0.2) is 0 Å². The molecule has 0 saturated carbocycles. The molecular formula is C22H27N3O3. The van der Waals surface area contributed by atoms with Crippen LogP contribution in [0, 0.1) is 0 Å². The molecule has 6 nitrogen and oxygen atoms in total. The van der Waals surface area contributed by atoms with Crippen molar-refractivity contribution in [3.05, 3.63) is 71.8 Å². The monoisotopic (exact) mass is 381 g/mol. The number of benzene rings is 2. The Morgan fingerprint density at radius 1 is 0.857 bits per heavy atom. The Morgan fingerprint density at radius 2 is 1.43 bits per heavy atom. The zero-order valence-corrected chi connectivity index (χ0v) is 16.0. The van der Waals surface area contributed by atoms with Gasteiger partial charge in [-0.05, 0) is 11.1 Å². The Morgan fingerprint density at radius 3 is 2.00 bits per heavy atom. The van der Waals surface area contributed by atoms with Gasteiger partial charge in [-0.15, -0.1) is 0 Å². The lowest BCUT2D eigenvalue weighted by atomic mass is 10.2. The molecule has 1 saturated heterocycles. The Balaban J connectivity index is 1.54. The molecule has 2 aromatic carbocycles. The Kier molecular flexibility index (Phi) is 7.17. The van der Waals surface area contributed by atoms with E-state index in [0.29, 0.717) is 19.6 Å². The molecule has 2 aromatic rings. The van der Waals surface area contributed by atoms with Crippen LogP contribution in [0.25, 0.3) is 0 Å². The molecule has 1 fully saturated rings. The molecule has 0 unspecified atom stereocenters. The summed E-state index contributed by atoms with van der Waals surface area (Å²) >= 11 is 0. The summed E-state index contributed by atoms with van der Waals surface area (Å²) in [6.07, 6.45) is 0. The maximum atomic E-state index is 12.7. The van der Waals surface area contributed by atoms with E-state index in [0.717, 1.165) is 25.2 Å². The smallest absolute Gasteiger partial charge is 0.312 e. The highest BCUT2D eigenvalue weighted by molar-refractivity contribution is 6.34. The largest absolute Gasteiger partial charge is 0.395 e. The van der Waals surface area contributed by atoms with Gasteiger partial charge in [-0.1, -0.05) is 60.7 Å². The van der Waals surface area contributed by atoms with E-state index in [2.05, 4.69) is 17.0 Å². The minimum Gasteiger partial charge on any atom is -0.395 e. The second-order valence-electron chi connectivity index (χ2n) is 6.99. The first-order valence-electron chi connectivity index (χ1n) is 9.66. The SMILES string of the molecule is O=C(C(=O)N(CCO)Cc1ccccc1)N1CCN(Cc2ccccc2)CC1. The van der Waals surface area contributed by atoms with Gasteiger partial charge in [-0.2, -0.15) is 0 Å². The van der Waals surface area contributed by atoms with Crippen LogP contribution in [0.3, 0.4) is 0 Å². The van der Waals surface area contributed by atoms with E-state index in [1.54, 1.807) is 4.90 Å². The normalized spacial score (nSPS) is 14.7. The first-order chi connectivity index (χ1) is 13.7. The van der Waals surface area contributed by atoms with Crippen LogP contribution in [0.1, 0.15) is 11.1 Å². The molecule has 2 amide bonds. The Hall–Kier alpha value is -2.70. The van der Waals surface area contributed by atoms with Crippen molar-refractivity contribution in [3.63, 3.8) is 0 Å². The molecule has 0 aromatic heterocycles. The number of aliphatic hydroxyl groups excluding tert-OH is 1. The predicted octanol–water partition coefficient (Wildman–Crippen LogP) is 1.35. The second-order valence-corrected chi connectivity index (χ2v) is 6.99. The number of hydrogen-bond acceptors (Lipinski definition) is 4. The summed E-state index contributed by atoms with van der Waals surface area (Å²) in [6, 6.07) is 19.7. The van der Waals surface area contributed by atoms with Crippen LogP contribution in [0.2, 0.25) is 0 Å². The quantitative estimate of drug-likeness (QED) is 0.768. The predicted molar refractivity (Wildman–Crippen MR) is 107 cm³/mol. The highest BCUT2D eigenvalue weighted by Gasteiger charge is 2.29. The fraction of sp³-hybridized carbons (Fsp3) is 0.364. The third-order valence-corrected chi connectivity index (χ3v) is 4.96. The first-order valence-corrected chi connectivity index (χ1v) is 9.66. The summed E-state index contributed by atoms with van der Waals surface area (Å²) < 4.78 is 0. The molecule has 28 heavy (non-hydrogen) atoms. The van der Waals surface area contributed by atoms with Crippen LogP contribution < -0.4 is 0 Å².